The molecule has 2 rings (SSSR count). The van der Waals surface area contributed by atoms with Gasteiger partial charge in [0.05, 0.1) is 5.02 Å². The predicted molar refractivity (Wildman–Crippen MR) is 55.9 cm³/mol. The Morgan fingerprint density at radius 3 is 2.79 bits per heavy atom. The minimum Gasteiger partial charge on any atom is -0.485 e. The van der Waals surface area contributed by atoms with Crippen LogP contribution in [0.15, 0.2) is 12.1 Å². The summed E-state index contributed by atoms with van der Waals surface area (Å²) in [7, 11) is 0. The summed E-state index contributed by atoms with van der Waals surface area (Å²) in [6.07, 6.45) is 0.100. The van der Waals surface area contributed by atoms with Crippen molar-refractivity contribution in [1.29, 1.82) is 0 Å². The van der Waals surface area contributed by atoms with Crippen LogP contribution in [-0.4, -0.2) is 11.2 Å². The van der Waals surface area contributed by atoms with Gasteiger partial charge in [-0.1, -0.05) is 24.6 Å². The van der Waals surface area contributed by atoms with Gasteiger partial charge in [0.1, 0.15) is 18.0 Å². The van der Waals surface area contributed by atoms with Gasteiger partial charge in [-0.15, -0.1) is 0 Å². The Morgan fingerprint density at radius 1 is 1.50 bits per heavy atom. The van der Waals surface area contributed by atoms with Crippen LogP contribution >= 0.6 is 11.6 Å². The summed E-state index contributed by atoms with van der Waals surface area (Å²) in [5.74, 6) is 0.658. The molecule has 1 heterocycles. The van der Waals surface area contributed by atoms with Crippen LogP contribution in [0.25, 0.3) is 0 Å². The van der Waals surface area contributed by atoms with Crippen LogP contribution < -0.4 is 4.74 Å². The van der Waals surface area contributed by atoms with Crippen molar-refractivity contribution >= 4 is 11.6 Å². The van der Waals surface area contributed by atoms with Crippen molar-refractivity contribution in [2.24, 2.45) is 0 Å². The highest BCUT2D eigenvalue weighted by Crippen LogP contribution is 2.44. The summed E-state index contributed by atoms with van der Waals surface area (Å²) in [5, 5.41) is 10.5. The van der Waals surface area contributed by atoms with Crippen molar-refractivity contribution in [3.63, 3.8) is 0 Å². The first-order valence-electron chi connectivity index (χ1n) is 4.79. The third kappa shape index (κ3) is 1.30. The lowest BCUT2D eigenvalue weighted by Gasteiger charge is -2.11. The Kier molecular flexibility index (Phi) is 2.41. The van der Waals surface area contributed by atoms with Crippen molar-refractivity contribution < 1.29 is 9.84 Å². The molecule has 1 aliphatic rings. The zero-order chi connectivity index (χ0) is 10.3. The molecule has 1 aromatic carbocycles. The van der Waals surface area contributed by atoms with Gasteiger partial charge < -0.3 is 9.84 Å². The summed E-state index contributed by atoms with van der Waals surface area (Å²) >= 11 is 5.99. The van der Waals surface area contributed by atoms with E-state index in [1.165, 1.54) is 0 Å². The van der Waals surface area contributed by atoms with Crippen LogP contribution in [0.3, 0.4) is 0 Å². The van der Waals surface area contributed by atoms with Crippen LogP contribution in [-0.2, 0) is 0 Å². The molecule has 0 saturated carbocycles. The Morgan fingerprint density at radius 2 is 2.21 bits per heavy atom. The minimum absolute atomic E-state index is 0.149. The highest BCUT2D eigenvalue weighted by atomic mass is 35.5. The fraction of sp³-hybridized carbons (Fsp3) is 0.455. The van der Waals surface area contributed by atoms with Crippen LogP contribution in [0.2, 0.25) is 5.02 Å². The fourth-order valence-corrected chi connectivity index (χ4v) is 2.08. The molecule has 2 nitrogen and oxygen atoms in total. The number of rotatable bonds is 1. The van der Waals surface area contributed by atoms with E-state index in [1.54, 1.807) is 6.07 Å². The Bertz CT molecular complexity index is 363. The van der Waals surface area contributed by atoms with Crippen molar-refractivity contribution in [3.8, 4) is 5.75 Å². The number of aliphatic hydroxyl groups excluding tert-OH is 1. The maximum absolute atomic E-state index is 9.96. The lowest BCUT2D eigenvalue weighted by molar-refractivity contribution is 0.0651. The van der Waals surface area contributed by atoms with E-state index in [0.29, 0.717) is 10.8 Å². The molecule has 3 heteroatoms. The molecule has 14 heavy (non-hydrogen) atoms. The van der Waals surface area contributed by atoms with E-state index in [-0.39, 0.29) is 6.10 Å². The third-order valence-corrected chi connectivity index (χ3v) is 2.98. The lowest BCUT2D eigenvalue weighted by atomic mass is 10.0. The van der Waals surface area contributed by atoms with Crippen molar-refractivity contribution in [1.82, 2.24) is 0 Å². The van der Waals surface area contributed by atoms with Gasteiger partial charge in [0.15, 0.2) is 0 Å². The Labute approximate surface area is 88.5 Å². The molecule has 0 bridgehead atoms. The van der Waals surface area contributed by atoms with Crippen LogP contribution in [0.1, 0.15) is 30.6 Å². The number of hydrogen-bond acceptors (Lipinski definition) is 2. The van der Waals surface area contributed by atoms with E-state index in [9.17, 15) is 5.11 Å². The van der Waals surface area contributed by atoms with Gasteiger partial charge in [0, 0.05) is 5.56 Å². The summed E-state index contributed by atoms with van der Waals surface area (Å²) in [6, 6.07) is 3.71. The maximum atomic E-state index is 9.96. The summed E-state index contributed by atoms with van der Waals surface area (Å²) in [6.45, 7) is 3.95. The van der Waals surface area contributed by atoms with Gasteiger partial charge in [0.2, 0.25) is 0 Å². The van der Waals surface area contributed by atoms with Gasteiger partial charge >= 0.3 is 0 Å². The van der Waals surface area contributed by atoms with E-state index < -0.39 is 6.10 Å². The van der Waals surface area contributed by atoms with Crippen molar-refractivity contribution in [2.75, 3.05) is 0 Å². The minimum atomic E-state index is -0.534. The molecule has 0 aromatic heterocycles. The first-order valence-corrected chi connectivity index (χ1v) is 5.16. The summed E-state index contributed by atoms with van der Waals surface area (Å²) in [5.41, 5.74) is 1.89. The van der Waals surface area contributed by atoms with E-state index >= 15 is 0 Å². The van der Waals surface area contributed by atoms with Crippen molar-refractivity contribution in [3.05, 3.63) is 28.3 Å². The number of aryl methyl sites for hydroxylation is 1. The summed E-state index contributed by atoms with van der Waals surface area (Å²) < 4.78 is 5.60. The van der Waals surface area contributed by atoms with Gasteiger partial charge in [-0.25, -0.2) is 0 Å². The average Bonchev–Trinajstić information content (AvgIpc) is 2.51. The second-order valence-electron chi connectivity index (χ2n) is 3.62. The number of aliphatic hydroxyl groups is 1. The zero-order valence-corrected chi connectivity index (χ0v) is 9.01. The molecule has 1 N–H and O–H groups in total. The quantitative estimate of drug-likeness (QED) is 0.776. The molecule has 0 radical (unpaired) electrons. The Balaban J connectivity index is 2.52. The van der Waals surface area contributed by atoms with Crippen LogP contribution in [0, 0.1) is 6.92 Å². The molecule has 1 aromatic rings. The molecule has 0 fully saturated rings. The number of ether oxygens (including phenoxy) is 1. The largest absolute Gasteiger partial charge is 0.485 e. The molecule has 1 aliphatic heterocycles. The van der Waals surface area contributed by atoms with E-state index in [1.807, 2.05) is 19.9 Å². The number of fused-ring (bicyclic) bond motifs is 1. The molecule has 0 amide bonds. The number of halogens is 1. The molecule has 0 aliphatic carbocycles. The van der Waals surface area contributed by atoms with Crippen molar-refractivity contribution in [2.45, 2.75) is 32.5 Å². The maximum Gasteiger partial charge on any atom is 0.144 e. The van der Waals surface area contributed by atoms with E-state index in [0.717, 1.165) is 17.5 Å². The first-order chi connectivity index (χ1) is 6.65. The Hall–Kier alpha value is -0.730. The SMILES string of the molecule is CCC1Oc2c(Cl)ccc(C)c2C1O. The second kappa shape index (κ2) is 3.44. The normalized spacial score (nSPS) is 24.6. The number of benzene rings is 1. The standard InChI is InChI=1S/C11H13ClO2/c1-3-8-10(13)9-6(2)4-5-7(12)11(9)14-8/h4-5,8,10,13H,3H2,1-2H3. The van der Waals surface area contributed by atoms with E-state index in [2.05, 4.69) is 0 Å². The van der Waals surface area contributed by atoms with Gasteiger partial charge in [-0.3, -0.25) is 0 Å². The van der Waals surface area contributed by atoms with Crippen LogP contribution in [0.5, 0.6) is 5.75 Å². The lowest BCUT2D eigenvalue weighted by Crippen LogP contribution is -2.16. The van der Waals surface area contributed by atoms with Gasteiger partial charge in [-0.05, 0) is 25.0 Å². The molecule has 0 spiro atoms. The van der Waals surface area contributed by atoms with Gasteiger partial charge in [-0.2, -0.15) is 0 Å². The summed E-state index contributed by atoms with van der Waals surface area (Å²) in [4.78, 5) is 0. The molecular weight excluding hydrogens is 200 g/mol. The van der Waals surface area contributed by atoms with Crippen LogP contribution in [0.4, 0.5) is 0 Å². The molecule has 2 atom stereocenters. The molecular formula is C11H13ClO2. The monoisotopic (exact) mass is 212 g/mol. The third-order valence-electron chi connectivity index (χ3n) is 2.69. The predicted octanol–water partition coefficient (Wildman–Crippen LogP) is 2.85. The zero-order valence-electron chi connectivity index (χ0n) is 8.25. The second-order valence-corrected chi connectivity index (χ2v) is 4.02. The van der Waals surface area contributed by atoms with E-state index in [4.69, 9.17) is 16.3 Å². The fourth-order valence-electron chi connectivity index (χ4n) is 1.87. The highest BCUT2D eigenvalue weighted by molar-refractivity contribution is 6.32. The average molecular weight is 213 g/mol. The molecule has 2 unspecified atom stereocenters. The topological polar surface area (TPSA) is 29.5 Å². The highest BCUT2D eigenvalue weighted by Gasteiger charge is 2.34. The van der Waals surface area contributed by atoms with Gasteiger partial charge in [0.25, 0.3) is 0 Å². The first kappa shape index (κ1) is 9.81. The smallest absolute Gasteiger partial charge is 0.144 e. The molecule has 76 valence electrons. The number of hydrogen-bond donors (Lipinski definition) is 1. The molecule has 0 saturated heterocycles.